The number of phenols is 1. The van der Waals surface area contributed by atoms with Gasteiger partial charge in [-0.05, 0) is 100 Å². The number of halogens is 1. The van der Waals surface area contributed by atoms with Crippen molar-refractivity contribution >= 4 is 18.3 Å². The Morgan fingerprint density at radius 2 is 1.44 bits per heavy atom. The van der Waals surface area contributed by atoms with E-state index in [0.717, 1.165) is 57.0 Å². The summed E-state index contributed by atoms with van der Waals surface area (Å²) < 4.78 is 0. The third-order valence-electron chi connectivity index (χ3n) is 7.66. The number of carbonyl (C=O) groups excluding carboxylic acids is 1. The number of unbranched alkanes of at least 4 members (excludes halogenated alkanes) is 1. The summed E-state index contributed by atoms with van der Waals surface area (Å²) in [5.74, 6) is 2.18. The third-order valence-corrected chi connectivity index (χ3v) is 7.66. The van der Waals surface area contributed by atoms with Gasteiger partial charge in [-0.15, -0.1) is 12.4 Å². The molecule has 1 aliphatic heterocycles. The largest absolute Gasteiger partial charge is 0.508 e. The molecule has 1 heterocycles. The first-order valence-electron chi connectivity index (χ1n) is 13.5. The summed E-state index contributed by atoms with van der Waals surface area (Å²) in [5.41, 5.74) is 1.00. The zero-order valence-corrected chi connectivity index (χ0v) is 22.3. The van der Waals surface area contributed by atoms with Crippen molar-refractivity contribution in [3.8, 4) is 5.75 Å². The van der Waals surface area contributed by atoms with E-state index in [2.05, 4.69) is 29.4 Å². The number of hydrogen-bond acceptors (Lipinski definition) is 4. The van der Waals surface area contributed by atoms with Gasteiger partial charge in [0.25, 0.3) is 0 Å². The van der Waals surface area contributed by atoms with Crippen LogP contribution in [0.2, 0.25) is 0 Å². The number of amides is 1. The van der Waals surface area contributed by atoms with Gasteiger partial charge in [-0.2, -0.15) is 0 Å². The highest BCUT2D eigenvalue weighted by atomic mass is 35.5. The van der Waals surface area contributed by atoms with Crippen LogP contribution in [0.4, 0.5) is 0 Å². The van der Waals surface area contributed by atoms with Gasteiger partial charge in [0.2, 0.25) is 5.91 Å². The van der Waals surface area contributed by atoms with E-state index in [4.69, 9.17) is 0 Å². The fraction of sp³-hybridized carbons (Fsp3) is 0.750. The highest BCUT2D eigenvalue weighted by Crippen LogP contribution is 2.30. The van der Waals surface area contributed by atoms with Crippen LogP contribution in [0, 0.1) is 17.8 Å². The van der Waals surface area contributed by atoms with E-state index in [0.29, 0.717) is 5.92 Å². The van der Waals surface area contributed by atoms with E-state index >= 15 is 0 Å². The Morgan fingerprint density at radius 1 is 0.912 bits per heavy atom. The number of likely N-dealkylation sites (tertiary alicyclic amines) is 1. The lowest BCUT2D eigenvalue weighted by Crippen LogP contribution is -2.43. The summed E-state index contributed by atoms with van der Waals surface area (Å²) in [5, 5.41) is 16.9. The van der Waals surface area contributed by atoms with Crippen molar-refractivity contribution in [1.29, 1.82) is 0 Å². The van der Waals surface area contributed by atoms with E-state index in [1.54, 1.807) is 12.1 Å². The summed E-state index contributed by atoms with van der Waals surface area (Å²) in [6.07, 6.45) is 11.8. The summed E-state index contributed by atoms with van der Waals surface area (Å²) in [4.78, 5) is 15.3. The smallest absolute Gasteiger partial charge is 0.230 e. The highest BCUT2D eigenvalue weighted by Gasteiger charge is 2.31. The van der Waals surface area contributed by atoms with Crippen LogP contribution >= 0.6 is 12.4 Å². The van der Waals surface area contributed by atoms with Gasteiger partial charge in [0.1, 0.15) is 5.75 Å². The number of piperidine rings is 1. The van der Waals surface area contributed by atoms with Gasteiger partial charge in [0.05, 0.1) is 5.92 Å². The number of benzene rings is 1. The summed E-state index contributed by atoms with van der Waals surface area (Å²) in [6, 6.07) is 7.14. The van der Waals surface area contributed by atoms with Gasteiger partial charge < -0.3 is 20.6 Å². The SMILES string of the molecule is CC(C)C(C(=O)N1CCC(CNCCCCNCC2CCCCC2)CC1)c1ccc(O)cc1.Cl. The Bertz CT molecular complexity index is 683. The van der Waals surface area contributed by atoms with Crippen LogP contribution < -0.4 is 10.6 Å². The minimum atomic E-state index is -0.132. The van der Waals surface area contributed by atoms with Crippen molar-refractivity contribution in [3.05, 3.63) is 29.8 Å². The Balaban J connectivity index is 0.00000408. The number of hydrogen-bond donors (Lipinski definition) is 3. The normalized spacial score (nSPS) is 18.6. The second kappa shape index (κ2) is 15.6. The monoisotopic (exact) mass is 493 g/mol. The van der Waals surface area contributed by atoms with Gasteiger partial charge in [-0.3, -0.25) is 4.79 Å². The lowest BCUT2D eigenvalue weighted by molar-refractivity contribution is -0.135. The molecular formula is C28H48ClN3O2. The zero-order chi connectivity index (χ0) is 23.5. The molecule has 3 N–H and O–H groups in total. The minimum absolute atomic E-state index is 0. The van der Waals surface area contributed by atoms with Crippen molar-refractivity contribution in [2.24, 2.45) is 17.8 Å². The van der Waals surface area contributed by atoms with Gasteiger partial charge in [0, 0.05) is 13.1 Å². The van der Waals surface area contributed by atoms with E-state index in [9.17, 15) is 9.90 Å². The molecule has 1 saturated carbocycles. The maximum absolute atomic E-state index is 13.3. The topological polar surface area (TPSA) is 64.6 Å². The molecule has 34 heavy (non-hydrogen) atoms. The Labute approximate surface area is 213 Å². The number of phenolic OH excluding ortho intramolecular Hbond substituents is 1. The van der Waals surface area contributed by atoms with Crippen LogP contribution in [0.15, 0.2) is 24.3 Å². The number of nitrogens with zero attached hydrogens (tertiary/aromatic N) is 1. The number of nitrogens with one attached hydrogen (secondary N) is 2. The van der Waals surface area contributed by atoms with Gasteiger partial charge in [-0.25, -0.2) is 0 Å². The first kappa shape index (κ1) is 28.9. The average molecular weight is 494 g/mol. The predicted octanol–water partition coefficient (Wildman–Crippen LogP) is 5.33. The Morgan fingerprint density at radius 3 is 1.97 bits per heavy atom. The lowest BCUT2D eigenvalue weighted by atomic mass is 9.86. The van der Waals surface area contributed by atoms with Gasteiger partial charge in [0.15, 0.2) is 0 Å². The second-order valence-corrected chi connectivity index (χ2v) is 10.7. The summed E-state index contributed by atoms with van der Waals surface area (Å²) in [7, 11) is 0. The molecular weight excluding hydrogens is 446 g/mol. The van der Waals surface area contributed by atoms with Crippen molar-refractivity contribution in [2.45, 2.75) is 77.6 Å². The Hall–Kier alpha value is -1.30. The summed E-state index contributed by atoms with van der Waals surface area (Å²) >= 11 is 0. The molecule has 0 radical (unpaired) electrons. The van der Waals surface area contributed by atoms with E-state index in [1.165, 1.54) is 51.5 Å². The third kappa shape index (κ3) is 9.39. The number of aromatic hydroxyl groups is 1. The van der Waals surface area contributed by atoms with Gasteiger partial charge >= 0.3 is 0 Å². The van der Waals surface area contributed by atoms with Crippen molar-refractivity contribution in [1.82, 2.24) is 15.5 Å². The fourth-order valence-electron chi connectivity index (χ4n) is 5.55. The lowest BCUT2D eigenvalue weighted by Gasteiger charge is -2.35. The maximum Gasteiger partial charge on any atom is 0.230 e. The van der Waals surface area contributed by atoms with E-state index < -0.39 is 0 Å². The number of carbonyl (C=O) groups is 1. The second-order valence-electron chi connectivity index (χ2n) is 10.7. The maximum atomic E-state index is 13.3. The molecule has 1 atom stereocenters. The first-order valence-corrected chi connectivity index (χ1v) is 13.5. The van der Waals surface area contributed by atoms with Crippen molar-refractivity contribution in [3.63, 3.8) is 0 Å². The fourth-order valence-corrected chi connectivity index (χ4v) is 5.55. The van der Waals surface area contributed by atoms with Crippen molar-refractivity contribution in [2.75, 3.05) is 39.3 Å². The summed E-state index contributed by atoms with van der Waals surface area (Å²) in [6.45, 7) is 10.5. The Kier molecular flexibility index (Phi) is 13.3. The van der Waals surface area contributed by atoms with Crippen LogP contribution in [0.5, 0.6) is 5.75 Å². The van der Waals surface area contributed by atoms with Crippen LogP contribution in [-0.4, -0.2) is 55.2 Å². The molecule has 1 aliphatic carbocycles. The molecule has 0 aromatic heterocycles. The molecule has 1 unspecified atom stereocenters. The van der Waals surface area contributed by atoms with Crippen LogP contribution in [0.25, 0.3) is 0 Å². The molecule has 1 saturated heterocycles. The van der Waals surface area contributed by atoms with E-state index in [1.807, 2.05) is 12.1 Å². The quantitative estimate of drug-likeness (QED) is 0.344. The molecule has 2 fully saturated rings. The first-order chi connectivity index (χ1) is 16.0. The van der Waals surface area contributed by atoms with Crippen LogP contribution in [0.1, 0.15) is 83.1 Å². The molecule has 2 aliphatic rings. The molecule has 5 nitrogen and oxygen atoms in total. The van der Waals surface area contributed by atoms with Crippen LogP contribution in [0.3, 0.4) is 0 Å². The molecule has 3 rings (SSSR count). The molecule has 1 aromatic rings. The van der Waals surface area contributed by atoms with Crippen LogP contribution in [-0.2, 0) is 4.79 Å². The molecule has 194 valence electrons. The zero-order valence-electron chi connectivity index (χ0n) is 21.4. The molecule has 6 heteroatoms. The van der Waals surface area contributed by atoms with Gasteiger partial charge in [-0.1, -0.05) is 45.2 Å². The molecule has 0 spiro atoms. The molecule has 0 bridgehead atoms. The number of rotatable bonds is 12. The average Bonchev–Trinajstić information content (AvgIpc) is 2.83. The minimum Gasteiger partial charge on any atom is -0.508 e. The highest BCUT2D eigenvalue weighted by molar-refractivity contribution is 5.85. The van der Waals surface area contributed by atoms with E-state index in [-0.39, 0.29) is 35.9 Å². The standard InChI is InChI=1S/C28H47N3O2.ClH/c1-22(2)27(25-10-12-26(32)13-11-25)28(33)31-18-14-24(15-19-31)21-30-17-7-6-16-29-20-23-8-4-3-5-9-23;/h10-13,22-24,27,29-30,32H,3-9,14-21H2,1-2H3;1H. The molecule has 1 aromatic carbocycles. The molecule has 1 amide bonds. The predicted molar refractivity (Wildman–Crippen MR) is 144 cm³/mol. The van der Waals surface area contributed by atoms with Crippen molar-refractivity contribution < 1.29 is 9.90 Å².